The van der Waals surface area contributed by atoms with Gasteiger partial charge in [0.2, 0.25) is 5.78 Å². The van der Waals surface area contributed by atoms with Crippen LogP contribution in [0.2, 0.25) is 0 Å². The van der Waals surface area contributed by atoms with Gasteiger partial charge in [0.25, 0.3) is 0 Å². The van der Waals surface area contributed by atoms with Gasteiger partial charge < -0.3 is 9.64 Å². The van der Waals surface area contributed by atoms with E-state index >= 15 is 0 Å². The van der Waals surface area contributed by atoms with Crippen molar-refractivity contribution in [2.45, 2.75) is 6.92 Å². The summed E-state index contributed by atoms with van der Waals surface area (Å²) in [6.45, 7) is 1.46. The van der Waals surface area contributed by atoms with Gasteiger partial charge in [0.15, 0.2) is 17.5 Å². The second-order valence-corrected chi connectivity index (χ2v) is 4.58. The first kappa shape index (κ1) is 18.2. The van der Waals surface area contributed by atoms with Crippen molar-refractivity contribution in [3.63, 3.8) is 0 Å². The molecule has 0 saturated carbocycles. The van der Waals surface area contributed by atoms with E-state index in [1.165, 1.54) is 25.9 Å². The Balaban J connectivity index is 3.50. The molecule has 1 aromatic carbocycles. The zero-order chi connectivity index (χ0) is 17.7. The van der Waals surface area contributed by atoms with Gasteiger partial charge in [0.05, 0.1) is 12.2 Å². The molecule has 8 heteroatoms. The van der Waals surface area contributed by atoms with Crippen LogP contribution in [0.15, 0.2) is 17.8 Å². The highest BCUT2D eigenvalue weighted by molar-refractivity contribution is 6.24. The van der Waals surface area contributed by atoms with Gasteiger partial charge in [0.1, 0.15) is 17.2 Å². The number of carbonyl (C=O) groups is 2. The summed E-state index contributed by atoms with van der Waals surface area (Å²) in [6, 6.07) is 1.45. The maximum atomic E-state index is 14.1. The predicted octanol–water partition coefficient (Wildman–Crippen LogP) is 2.17. The Morgan fingerprint density at radius 1 is 1.30 bits per heavy atom. The summed E-state index contributed by atoms with van der Waals surface area (Å²) in [6.07, 6.45) is 1.06. The van der Waals surface area contributed by atoms with Crippen molar-refractivity contribution in [2.75, 3.05) is 20.7 Å². The van der Waals surface area contributed by atoms with Crippen molar-refractivity contribution in [2.24, 2.45) is 0 Å². The molecule has 0 fully saturated rings. The van der Waals surface area contributed by atoms with Crippen molar-refractivity contribution in [1.82, 2.24) is 4.90 Å². The molecule has 0 radical (unpaired) electrons. The third-order valence-electron chi connectivity index (χ3n) is 2.64. The number of esters is 1. The zero-order valence-corrected chi connectivity index (χ0v) is 12.6. The van der Waals surface area contributed by atoms with E-state index < -0.39 is 45.9 Å². The molecule has 122 valence electrons. The number of nitriles is 1. The van der Waals surface area contributed by atoms with E-state index in [0.717, 1.165) is 12.3 Å². The van der Waals surface area contributed by atoms with Crippen LogP contribution < -0.4 is 0 Å². The van der Waals surface area contributed by atoms with E-state index in [2.05, 4.69) is 4.74 Å². The van der Waals surface area contributed by atoms with E-state index in [1.54, 1.807) is 0 Å². The molecular formula is C15H13F3N2O3. The van der Waals surface area contributed by atoms with Gasteiger partial charge in [-0.05, 0) is 13.0 Å². The van der Waals surface area contributed by atoms with Crippen molar-refractivity contribution >= 4 is 11.8 Å². The smallest absolute Gasteiger partial charge is 0.343 e. The summed E-state index contributed by atoms with van der Waals surface area (Å²) in [5, 5.41) is 8.68. The topological polar surface area (TPSA) is 70.4 Å². The lowest BCUT2D eigenvalue weighted by atomic mass is 10.0. The number of ketones is 1. The SMILES string of the molecule is CCOC(=O)C(=CN(C)C)C(=O)c1cc(F)c(F)c(C#N)c1F. The van der Waals surface area contributed by atoms with Crippen molar-refractivity contribution in [3.05, 3.63) is 46.4 Å². The molecule has 0 spiro atoms. The summed E-state index contributed by atoms with van der Waals surface area (Å²) >= 11 is 0. The molecule has 0 amide bonds. The number of nitrogens with zero attached hydrogens (tertiary/aromatic N) is 2. The monoisotopic (exact) mass is 326 g/mol. The second kappa shape index (κ2) is 7.45. The van der Waals surface area contributed by atoms with Crippen molar-refractivity contribution in [3.8, 4) is 6.07 Å². The second-order valence-electron chi connectivity index (χ2n) is 4.58. The predicted molar refractivity (Wildman–Crippen MR) is 73.8 cm³/mol. The van der Waals surface area contributed by atoms with Gasteiger partial charge >= 0.3 is 5.97 Å². The van der Waals surface area contributed by atoms with E-state index in [1.807, 2.05) is 0 Å². The van der Waals surface area contributed by atoms with Crippen LogP contribution in [0.4, 0.5) is 13.2 Å². The average molecular weight is 326 g/mol. The fourth-order valence-corrected chi connectivity index (χ4v) is 1.68. The van der Waals surface area contributed by atoms with Crippen LogP contribution in [0.3, 0.4) is 0 Å². The molecule has 0 atom stereocenters. The molecule has 23 heavy (non-hydrogen) atoms. The molecule has 1 aromatic rings. The number of hydrogen-bond acceptors (Lipinski definition) is 5. The number of rotatable bonds is 5. The van der Waals surface area contributed by atoms with Crippen molar-refractivity contribution in [1.29, 1.82) is 5.26 Å². The lowest BCUT2D eigenvalue weighted by molar-refractivity contribution is -0.138. The molecule has 0 N–H and O–H groups in total. The Morgan fingerprint density at radius 2 is 1.91 bits per heavy atom. The van der Waals surface area contributed by atoms with Gasteiger partial charge in [-0.3, -0.25) is 4.79 Å². The number of benzene rings is 1. The highest BCUT2D eigenvalue weighted by Gasteiger charge is 2.28. The molecule has 0 heterocycles. The number of ether oxygens (including phenoxy) is 1. The van der Waals surface area contributed by atoms with E-state index in [-0.39, 0.29) is 6.61 Å². The van der Waals surface area contributed by atoms with Gasteiger partial charge in [-0.15, -0.1) is 0 Å². The lowest BCUT2D eigenvalue weighted by Crippen LogP contribution is -2.21. The standard InChI is InChI=1S/C15H13F3N2O3/c1-4-23-15(22)10(7-20(2)3)14(21)8-5-11(16)13(18)9(6-19)12(8)17/h5,7H,4H2,1-3H3. The van der Waals surface area contributed by atoms with Crippen molar-refractivity contribution < 1.29 is 27.5 Å². The normalized spacial score (nSPS) is 10.9. The molecule has 0 unspecified atom stereocenters. The molecular weight excluding hydrogens is 313 g/mol. The molecule has 1 rings (SSSR count). The van der Waals surface area contributed by atoms with E-state index in [4.69, 9.17) is 5.26 Å². The maximum Gasteiger partial charge on any atom is 0.343 e. The number of hydrogen-bond donors (Lipinski definition) is 0. The van der Waals surface area contributed by atoms with Crippen LogP contribution in [-0.2, 0) is 9.53 Å². The average Bonchev–Trinajstić information content (AvgIpc) is 2.48. The van der Waals surface area contributed by atoms with Crippen LogP contribution in [0.5, 0.6) is 0 Å². The molecule has 0 aliphatic carbocycles. The summed E-state index contributed by atoms with van der Waals surface area (Å²) in [4.78, 5) is 25.5. The van der Waals surface area contributed by atoms with E-state index in [9.17, 15) is 22.8 Å². The highest BCUT2D eigenvalue weighted by atomic mass is 19.2. The summed E-state index contributed by atoms with van der Waals surface area (Å²) in [5.74, 6) is -7.07. The highest BCUT2D eigenvalue weighted by Crippen LogP contribution is 2.22. The maximum absolute atomic E-state index is 14.1. The van der Waals surface area contributed by atoms with Crippen LogP contribution in [-0.4, -0.2) is 37.4 Å². The molecule has 0 saturated heterocycles. The largest absolute Gasteiger partial charge is 0.462 e. The van der Waals surface area contributed by atoms with Crippen LogP contribution in [0.25, 0.3) is 0 Å². The van der Waals surface area contributed by atoms with Gasteiger partial charge in [-0.2, -0.15) is 5.26 Å². The Labute approximate surface area is 130 Å². The van der Waals surface area contributed by atoms with Crippen LogP contribution >= 0.6 is 0 Å². The first-order chi connectivity index (χ1) is 10.7. The van der Waals surface area contributed by atoms with Crippen LogP contribution in [0, 0.1) is 28.8 Å². The third kappa shape index (κ3) is 3.88. The van der Waals surface area contributed by atoms with Crippen LogP contribution in [0.1, 0.15) is 22.8 Å². The molecule has 0 bridgehead atoms. The minimum atomic E-state index is -1.70. The summed E-state index contributed by atoms with van der Waals surface area (Å²) < 4.78 is 45.5. The molecule has 5 nitrogen and oxygen atoms in total. The Morgan fingerprint density at radius 3 is 2.39 bits per heavy atom. The lowest BCUT2D eigenvalue weighted by Gasteiger charge is -2.12. The van der Waals surface area contributed by atoms with Gasteiger partial charge in [0, 0.05) is 20.3 Å². The Bertz CT molecular complexity index is 722. The summed E-state index contributed by atoms with van der Waals surface area (Å²) in [7, 11) is 2.99. The Kier molecular flexibility index (Phi) is 5.90. The number of Topliss-reactive ketones (excluding diaryl/α,β-unsaturated/α-hetero) is 1. The number of carbonyl (C=O) groups excluding carboxylic acids is 2. The number of halogens is 3. The molecule has 0 aromatic heterocycles. The zero-order valence-electron chi connectivity index (χ0n) is 12.6. The first-order valence-corrected chi connectivity index (χ1v) is 6.42. The third-order valence-corrected chi connectivity index (χ3v) is 2.64. The van der Waals surface area contributed by atoms with Gasteiger partial charge in [-0.1, -0.05) is 0 Å². The minimum absolute atomic E-state index is 0.0411. The van der Waals surface area contributed by atoms with Gasteiger partial charge in [-0.25, -0.2) is 18.0 Å². The Hall–Kier alpha value is -2.82. The quantitative estimate of drug-likeness (QED) is 0.207. The fourth-order valence-electron chi connectivity index (χ4n) is 1.68. The molecule has 0 aliphatic rings. The fraction of sp³-hybridized carbons (Fsp3) is 0.267. The first-order valence-electron chi connectivity index (χ1n) is 6.42. The summed E-state index contributed by atoms with van der Waals surface area (Å²) in [5.41, 5.74) is -2.74. The minimum Gasteiger partial charge on any atom is -0.462 e. The molecule has 0 aliphatic heterocycles. The van der Waals surface area contributed by atoms with E-state index in [0.29, 0.717) is 6.07 Å².